The first-order valence-corrected chi connectivity index (χ1v) is 14.4. The SMILES string of the molecule is ClCCl.O=C(c1ccc(Cl)cc1)c1c(-c2ccc(Cl)cc2)c2c(=O)c3ccccc3c2c2c(=O)c3ccccc3c12. The zero-order valence-electron chi connectivity index (χ0n) is 21.2. The minimum atomic E-state index is -0.293. The van der Waals surface area contributed by atoms with Crippen LogP contribution in [0.3, 0.4) is 0 Å². The van der Waals surface area contributed by atoms with E-state index in [-0.39, 0.29) is 22.0 Å². The van der Waals surface area contributed by atoms with Crippen LogP contribution in [0.15, 0.2) is 107 Å². The number of carbonyl (C=O) groups is 1. The summed E-state index contributed by atoms with van der Waals surface area (Å²) in [4.78, 5) is 42.4. The molecule has 7 heteroatoms. The number of fused-ring (bicyclic) bond motifs is 7. The van der Waals surface area contributed by atoms with Gasteiger partial charge in [-0.2, -0.15) is 0 Å². The van der Waals surface area contributed by atoms with Gasteiger partial charge in [0, 0.05) is 59.1 Å². The van der Waals surface area contributed by atoms with E-state index in [1.165, 1.54) is 0 Å². The third-order valence-electron chi connectivity index (χ3n) is 7.30. The molecule has 7 aromatic carbocycles. The number of hydrogen-bond acceptors (Lipinski definition) is 3. The number of ketones is 1. The molecule has 0 aliphatic heterocycles. The van der Waals surface area contributed by atoms with Crippen molar-refractivity contribution in [1.82, 2.24) is 0 Å². The van der Waals surface area contributed by atoms with Crippen LogP contribution < -0.4 is 10.9 Å². The number of rotatable bonds is 3. The average Bonchev–Trinajstić information content (AvgIpc) is 3.45. The lowest BCUT2D eigenvalue weighted by atomic mass is 9.86. The van der Waals surface area contributed by atoms with Crippen molar-refractivity contribution in [2.75, 3.05) is 5.34 Å². The molecule has 3 nitrogen and oxygen atoms in total. The van der Waals surface area contributed by atoms with Crippen LogP contribution in [0, 0.1) is 0 Å². The monoisotopic (exact) mass is 614 g/mol. The van der Waals surface area contributed by atoms with Gasteiger partial charge in [0.1, 0.15) is 0 Å². The lowest BCUT2D eigenvalue weighted by Gasteiger charge is -2.14. The molecule has 7 rings (SSSR count). The predicted octanol–water partition coefficient (Wildman–Crippen LogP) is 9.52. The van der Waals surface area contributed by atoms with Gasteiger partial charge in [-0.05, 0) is 52.7 Å². The molecule has 200 valence electrons. The highest BCUT2D eigenvalue weighted by Crippen LogP contribution is 2.44. The van der Waals surface area contributed by atoms with E-state index in [1.54, 1.807) is 54.6 Å². The Morgan fingerprint density at radius 3 is 1.51 bits per heavy atom. The molecule has 0 unspecified atom stereocenters. The molecular weight excluding hydrogens is 598 g/mol. The molecule has 0 aliphatic rings. The van der Waals surface area contributed by atoms with Crippen LogP contribution in [0.2, 0.25) is 10.0 Å². The van der Waals surface area contributed by atoms with E-state index in [0.717, 1.165) is 0 Å². The molecule has 41 heavy (non-hydrogen) atoms. The van der Waals surface area contributed by atoms with Gasteiger partial charge in [0.2, 0.25) is 0 Å². The Labute approximate surface area is 254 Å². The van der Waals surface area contributed by atoms with Gasteiger partial charge in [0.25, 0.3) is 0 Å². The van der Waals surface area contributed by atoms with Crippen molar-refractivity contribution in [3.05, 3.63) is 139 Å². The molecule has 0 saturated heterocycles. The quantitative estimate of drug-likeness (QED) is 0.147. The number of halogens is 4. The van der Waals surface area contributed by atoms with Gasteiger partial charge in [0.15, 0.2) is 16.6 Å². The minimum absolute atomic E-state index is 0.191. The third-order valence-corrected chi connectivity index (χ3v) is 7.81. The number of alkyl halides is 2. The maximum absolute atomic E-state index is 14.4. The highest BCUT2D eigenvalue weighted by molar-refractivity contribution is 6.40. The second-order valence-corrected chi connectivity index (χ2v) is 11.1. The summed E-state index contributed by atoms with van der Waals surface area (Å²) < 4.78 is 0. The zero-order valence-corrected chi connectivity index (χ0v) is 24.2. The van der Waals surface area contributed by atoms with Crippen LogP contribution in [-0.2, 0) is 0 Å². The van der Waals surface area contributed by atoms with Crippen molar-refractivity contribution in [1.29, 1.82) is 0 Å². The molecule has 0 bridgehead atoms. The van der Waals surface area contributed by atoms with Crippen LogP contribution >= 0.6 is 46.4 Å². The smallest absolute Gasteiger partial charge is 0.194 e. The number of carbonyl (C=O) groups excluding carboxylic acids is 1. The Kier molecular flexibility index (Phi) is 7.31. The van der Waals surface area contributed by atoms with E-state index < -0.39 is 0 Å². The normalized spacial score (nSPS) is 11.3. The predicted molar refractivity (Wildman–Crippen MR) is 173 cm³/mol. The molecule has 0 aromatic heterocycles. The van der Waals surface area contributed by atoms with Gasteiger partial charge in [-0.25, -0.2) is 0 Å². The van der Waals surface area contributed by atoms with Crippen molar-refractivity contribution in [2.45, 2.75) is 0 Å². The van der Waals surface area contributed by atoms with E-state index in [1.807, 2.05) is 42.5 Å². The first-order chi connectivity index (χ1) is 19.9. The highest BCUT2D eigenvalue weighted by atomic mass is 35.5. The Bertz CT molecular complexity index is 2210. The first kappa shape index (κ1) is 27.4. The molecule has 0 radical (unpaired) electrons. The standard InChI is InChI=1S/C33H16Cl2O3.CH2Cl2/c34-19-13-9-17(10-14-19)25-28(31(36)18-11-15-20(35)16-12-18)26-21-5-1-4-8-24(21)33(38)30(26)27-22-6-2-3-7-23(22)32(37)29(25)27;2-1-3/h1-16H;1H2. The van der Waals surface area contributed by atoms with Crippen molar-refractivity contribution < 1.29 is 4.79 Å². The summed E-state index contributed by atoms with van der Waals surface area (Å²) in [5, 5.41) is 5.54. The van der Waals surface area contributed by atoms with Crippen LogP contribution in [0.4, 0.5) is 0 Å². The Hall–Kier alpha value is -3.73. The summed E-state index contributed by atoms with van der Waals surface area (Å²) in [6.45, 7) is 0. The zero-order chi connectivity index (χ0) is 28.8. The molecule has 0 N–H and O–H groups in total. The van der Waals surface area contributed by atoms with Gasteiger partial charge in [-0.3, -0.25) is 14.4 Å². The molecule has 0 heterocycles. The van der Waals surface area contributed by atoms with Crippen LogP contribution in [0.5, 0.6) is 0 Å². The highest BCUT2D eigenvalue weighted by Gasteiger charge is 2.29. The second kappa shape index (κ2) is 10.9. The first-order valence-electron chi connectivity index (χ1n) is 12.6. The summed E-state index contributed by atoms with van der Waals surface area (Å²) in [6, 6.07) is 28.3. The lowest BCUT2D eigenvalue weighted by molar-refractivity contribution is 0.104. The molecule has 0 aliphatic carbocycles. The molecule has 0 amide bonds. The third kappa shape index (κ3) is 4.41. The van der Waals surface area contributed by atoms with Crippen molar-refractivity contribution in [3.63, 3.8) is 0 Å². The molecule has 0 fully saturated rings. The van der Waals surface area contributed by atoms with Gasteiger partial charge in [-0.1, -0.05) is 83.9 Å². The fourth-order valence-corrected chi connectivity index (χ4v) is 5.94. The summed E-state index contributed by atoms with van der Waals surface area (Å²) in [7, 11) is 0. The number of hydrogen-bond donors (Lipinski definition) is 0. The van der Waals surface area contributed by atoms with E-state index in [0.29, 0.717) is 75.4 Å². The fourth-order valence-electron chi connectivity index (χ4n) is 5.69. The molecule has 0 saturated carbocycles. The second-order valence-electron chi connectivity index (χ2n) is 9.44. The largest absolute Gasteiger partial charge is 0.289 e. The van der Waals surface area contributed by atoms with Crippen LogP contribution in [-0.4, -0.2) is 11.1 Å². The summed E-state index contributed by atoms with van der Waals surface area (Å²) in [5.74, 6) is -0.293. The molecule has 0 atom stereocenters. The Morgan fingerprint density at radius 2 is 0.976 bits per heavy atom. The van der Waals surface area contributed by atoms with E-state index in [2.05, 4.69) is 0 Å². The van der Waals surface area contributed by atoms with Crippen molar-refractivity contribution >= 4 is 95.3 Å². The molecular formula is C34H18Cl4O3. The topological polar surface area (TPSA) is 51.2 Å². The lowest BCUT2D eigenvalue weighted by Crippen LogP contribution is -2.08. The summed E-state index contributed by atoms with van der Waals surface area (Å²) in [6.07, 6.45) is 0. The minimum Gasteiger partial charge on any atom is -0.289 e. The molecule has 7 aromatic rings. The van der Waals surface area contributed by atoms with Crippen molar-refractivity contribution in [3.8, 4) is 11.1 Å². The summed E-state index contributed by atoms with van der Waals surface area (Å²) in [5.41, 5.74) is 1.50. The summed E-state index contributed by atoms with van der Waals surface area (Å²) >= 11 is 21.9. The Balaban J connectivity index is 0.000000967. The average molecular weight is 616 g/mol. The maximum atomic E-state index is 14.4. The maximum Gasteiger partial charge on any atom is 0.194 e. The van der Waals surface area contributed by atoms with Gasteiger partial charge in [0.05, 0.1) is 5.34 Å². The fraction of sp³-hybridized carbons (Fsp3) is 0.0294. The van der Waals surface area contributed by atoms with Crippen LogP contribution in [0.25, 0.3) is 54.2 Å². The van der Waals surface area contributed by atoms with Crippen LogP contribution in [0.1, 0.15) is 15.9 Å². The van der Waals surface area contributed by atoms with Gasteiger partial charge >= 0.3 is 0 Å². The van der Waals surface area contributed by atoms with Crippen molar-refractivity contribution in [2.24, 2.45) is 0 Å². The Morgan fingerprint density at radius 1 is 0.537 bits per heavy atom. The molecule has 0 spiro atoms. The van der Waals surface area contributed by atoms with E-state index >= 15 is 0 Å². The number of benzene rings is 5. The van der Waals surface area contributed by atoms with Gasteiger partial charge in [-0.15, -0.1) is 23.2 Å². The van der Waals surface area contributed by atoms with E-state index in [9.17, 15) is 14.4 Å². The van der Waals surface area contributed by atoms with E-state index in [4.69, 9.17) is 46.4 Å². The van der Waals surface area contributed by atoms with Gasteiger partial charge < -0.3 is 0 Å².